The van der Waals surface area contributed by atoms with Gasteiger partial charge in [-0.2, -0.15) is 0 Å². The van der Waals surface area contributed by atoms with Gasteiger partial charge < -0.3 is 4.84 Å². The summed E-state index contributed by atoms with van der Waals surface area (Å²) in [5.41, 5.74) is 0.798. The third-order valence-electron chi connectivity index (χ3n) is 1.52. The van der Waals surface area contributed by atoms with Gasteiger partial charge in [-0.15, -0.1) is 0 Å². The first-order valence-corrected chi connectivity index (χ1v) is 5.10. The van der Waals surface area contributed by atoms with E-state index in [1.807, 2.05) is 6.92 Å². The number of benzene rings is 1. The SMILES string of the molecule is CCCON=Cc1ccc(Cl)cc1Cl. The predicted octanol–water partition coefficient (Wildman–Crippen LogP) is 3.75. The van der Waals surface area contributed by atoms with E-state index in [9.17, 15) is 0 Å². The molecule has 0 bridgehead atoms. The Morgan fingerprint density at radius 2 is 2.21 bits per heavy atom. The van der Waals surface area contributed by atoms with Crippen molar-refractivity contribution in [2.45, 2.75) is 13.3 Å². The summed E-state index contributed by atoms with van der Waals surface area (Å²) in [6.07, 6.45) is 2.51. The molecule has 0 heterocycles. The number of nitrogens with zero attached hydrogens (tertiary/aromatic N) is 1. The van der Waals surface area contributed by atoms with Crippen LogP contribution in [0.4, 0.5) is 0 Å². The molecule has 1 aromatic carbocycles. The molecule has 2 nitrogen and oxygen atoms in total. The van der Waals surface area contributed by atoms with E-state index in [-0.39, 0.29) is 0 Å². The molecule has 1 aromatic rings. The Kier molecular flexibility index (Phi) is 4.77. The molecule has 0 N–H and O–H groups in total. The molecule has 0 aliphatic heterocycles. The highest BCUT2D eigenvalue weighted by atomic mass is 35.5. The Labute approximate surface area is 93.5 Å². The number of hydrogen-bond acceptors (Lipinski definition) is 2. The smallest absolute Gasteiger partial charge is 0.116 e. The van der Waals surface area contributed by atoms with E-state index < -0.39 is 0 Å². The maximum absolute atomic E-state index is 5.91. The van der Waals surface area contributed by atoms with Crippen LogP contribution in [0.2, 0.25) is 10.0 Å². The largest absolute Gasteiger partial charge is 0.396 e. The second-order valence-electron chi connectivity index (χ2n) is 2.73. The van der Waals surface area contributed by atoms with Crippen LogP contribution in [-0.2, 0) is 4.84 Å². The maximum Gasteiger partial charge on any atom is 0.116 e. The van der Waals surface area contributed by atoms with E-state index in [1.165, 1.54) is 0 Å². The second-order valence-corrected chi connectivity index (χ2v) is 3.58. The van der Waals surface area contributed by atoms with E-state index in [2.05, 4.69) is 5.16 Å². The van der Waals surface area contributed by atoms with Crippen LogP contribution in [0, 0.1) is 0 Å². The zero-order valence-electron chi connectivity index (χ0n) is 7.84. The van der Waals surface area contributed by atoms with E-state index >= 15 is 0 Å². The van der Waals surface area contributed by atoms with Crippen molar-refractivity contribution in [3.8, 4) is 0 Å². The van der Waals surface area contributed by atoms with Gasteiger partial charge in [-0.25, -0.2) is 0 Å². The Bertz CT molecular complexity index is 326. The monoisotopic (exact) mass is 231 g/mol. The van der Waals surface area contributed by atoms with Gasteiger partial charge in [0.05, 0.1) is 11.2 Å². The standard InChI is InChI=1S/C10H11Cl2NO/c1-2-5-14-13-7-8-3-4-9(11)6-10(8)12/h3-4,6-7H,2,5H2,1H3. The van der Waals surface area contributed by atoms with Crippen molar-refractivity contribution in [1.29, 1.82) is 0 Å². The lowest BCUT2D eigenvalue weighted by atomic mass is 10.2. The van der Waals surface area contributed by atoms with Crippen molar-refractivity contribution in [2.24, 2.45) is 5.16 Å². The van der Waals surface area contributed by atoms with Gasteiger partial charge in [0.2, 0.25) is 0 Å². The molecular formula is C10H11Cl2NO. The van der Waals surface area contributed by atoms with Gasteiger partial charge in [-0.05, 0) is 18.6 Å². The fraction of sp³-hybridized carbons (Fsp3) is 0.300. The molecule has 0 atom stereocenters. The van der Waals surface area contributed by atoms with Crippen molar-refractivity contribution in [3.05, 3.63) is 33.8 Å². The minimum absolute atomic E-state index is 0.571. The molecule has 14 heavy (non-hydrogen) atoms. The highest BCUT2D eigenvalue weighted by molar-refractivity contribution is 6.36. The minimum atomic E-state index is 0.571. The van der Waals surface area contributed by atoms with E-state index in [0.29, 0.717) is 16.7 Å². The summed E-state index contributed by atoms with van der Waals surface area (Å²) < 4.78 is 0. The van der Waals surface area contributed by atoms with Crippen molar-refractivity contribution in [2.75, 3.05) is 6.61 Å². The average Bonchev–Trinajstić information content (AvgIpc) is 2.15. The summed E-state index contributed by atoms with van der Waals surface area (Å²) in [6, 6.07) is 5.22. The molecule has 0 amide bonds. The topological polar surface area (TPSA) is 21.6 Å². The third kappa shape index (κ3) is 3.56. The van der Waals surface area contributed by atoms with Crippen molar-refractivity contribution >= 4 is 29.4 Å². The summed E-state index contributed by atoms with van der Waals surface area (Å²) in [7, 11) is 0. The van der Waals surface area contributed by atoms with Crippen LogP contribution in [0.1, 0.15) is 18.9 Å². The van der Waals surface area contributed by atoms with Crippen molar-refractivity contribution in [3.63, 3.8) is 0 Å². The Morgan fingerprint density at radius 3 is 2.86 bits per heavy atom. The third-order valence-corrected chi connectivity index (χ3v) is 2.09. The number of halogens is 2. The number of oxime groups is 1. The van der Waals surface area contributed by atoms with Gasteiger partial charge in [0.25, 0.3) is 0 Å². The summed E-state index contributed by atoms with van der Waals surface area (Å²) >= 11 is 11.7. The summed E-state index contributed by atoms with van der Waals surface area (Å²) in [6.45, 7) is 2.63. The Balaban J connectivity index is 2.62. The number of rotatable bonds is 4. The molecule has 0 unspecified atom stereocenters. The molecule has 0 saturated carbocycles. The lowest BCUT2D eigenvalue weighted by Gasteiger charge is -1.98. The Hall–Kier alpha value is -0.730. The first-order valence-electron chi connectivity index (χ1n) is 4.34. The van der Waals surface area contributed by atoms with Gasteiger partial charge in [0.1, 0.15) is 6.61 Å². The molecule has 0 spiro atoms. The summed E-state index contributed by atoms with van der Waals surface area (Å²) in [5, 5.41) is 4.95. The van der Waals surface area contributed by atoms with Gasteiger partial charge in [-0.1, -0.05) is 41.3 Å². The number of hydrogen-bond donors (Lipinski definition) is 0. The van der Waals surface area contributed by atoms with Crippen LogP contribution in [0.25, 0.3) is 0 Å². The van der Waals surface area contributed by atoms with Crippen LogP contribution in [-0.4, -0.2) is 12.8 Å². The highest BCUT2D eigenvalue weighted by Crippen LogP contribution is 2.19. The van der Waals surface area contributed by atoms with Crippen LogP contribution in [0.5, 0.6) is 0 Å². The van der Waals surface area contributed by atoms with Gasteiger partial charge in [-0.3, -0.25) is 0 Å². The van der Waals surface area contributed by atoms with E-state index in [4.69, 9.17) is 28.0 Å². The maximum atomic E-state index is 5.91. The van der Waals surface area contributed by atoms with Gasteiger partial charge in [0, 0.05) is 10.6 Å². The van der Waals surface area contributed by atoms with Crippen molar-refractivity contribution in [1.82, 2.24) is 0 Å². The van der Waals surface area contributed by atoms with Crippen LogP contribution in [0.3, 0.4) is 0 Å². The normalized spacial score (nSPS) is 10.8. The quantitative estimate of drug-likeness (QED) is 0.440. The van der Waals surface area contributed by atoms with E-state index in [0.717, 1.165) is 12.0 Å². The van der Waals surface area contributed by atoms with Crippen LogP contribution >= 0.6 is 23.2 Å². The van der Waals surface area contributed by atoms with Crippen LogP contribution < -0.4 is 0 Å². The molecule has 0 radical (unpaired) electrons. The first-order chi connectivity index (χ1) is 6.74. The lowest BCUT2D eigenvalue weighted by Crippen LogP contribution is -1.87. The molecule has 1 rings (SSSR count). The fourth-order valence-corrected chi connectivity index (χ4v) is 1.30. The lowest BCUT2D eigenvalue weighted by molar-refractivity contribution is 0.146. The van der Waals surface area contributed by atoms with Gasteiger partial charge in [0.15, 0.2) is 0 Å². The fourth-order valence-electron chi connectivity index (χ4n) is 0.844. The highest BCUT2D eigenvalue weighted by Gasteiger charge is 1.97. The van der Waals surface area contributed by atoms with E-state index in [1.54, 1.807) is 24.4 Å². The summed E-state index contributed by atoms with van der Waals surface area (Å²) in [5.74, 6) is 0. The molecule has 0 aromatic heterocycles. The molecule has 4 heteroatoms. The predicted molar refractivity (Wildman–Crippen MR) is 60.3 cm³/mol. The first kappa shape index (κ1) is 11.3. The molecule has 0 aliphatic carbocycles. The zero-order valence-corrected chi connectivity index (χ0v) is 9.35. The molecule has 0 aliphatic rings. The zero-order chi connectivity index (χ0) is 10.4. The van der Waals surface area contributed by atoms with Crippen LogP contribution in [0.15, 0.2) is 23.4 Å². The molecular weight excluding hydrogens is 221 g/mol. The summed E-state index contributed by atoms with van der Waals surface area (Å²) in [4.78, 5) is 4.95. The minimum Gasteiger partial charge on any atom is -0.396 e. The Morgan fingerprint density at radius 1 is 1.43 bits per heavy atom. The molecule has 76 valence electrons. The molecule has 0 saturated heterocycles. The average molecular weight is 232 g/mol. The second kappa shape index (κ2) is 5.89. The van der Waals surface area contributed by atoms with Gasteiger partial charge >= 0.3 is 0 Å². The van der Waals surface area contributed by atoms with Crippen molar-refractivity contribution < 1.29 is 4.84 Å². The molecule has 0 fully saturated rings.